The number of nitrogens with one attached hydrogen (secondary N) is 1. The van der Waals surface area contributed by atoms with Gasteiger partial charge in [-0.1, -0.05) is 12.1 Å². The molecule has 0 aliphatic heterocycles. The lowest BCUT2D eigenvalue weighted by Gasteiger charge is -2.23. The highest BCUT2D eigenvalue weighted by Crippen LogP contribution is 2.11. The average Bonchev–Trinajstić information content (AvgIpc) is 2.30. The predicted octanol–water partition coefficient (Wildman–Crippen LogP) is 1.06. The topological polar surface area (TPSA) is 69.6 Å². The summed E-state index contributed by atoms with van der Waals surface area (Å²) in [6.07, 6.45) is 0. The normalized spacial score (nSPS) is 14.4. The van der Waals surface area contributed by atoms with E-state index in [4.69, 9.17) is 10.2 Å². The number of rotatable bonds is 5. The lowest BCUT2D eigenvalue weighted by Crippen LogP contribution is -2.52. The van der Waals surface area contributed by atoms with Gasteiger partial charge in [-0.25, -0.2) is 4.39 Å². The molecule has 0 aliphatic rings. The van der Waals surface area contributed by atoms with Crippen molar-refractivity contribution in [1.82, 2.24) is 5.32 Å². The van der Waals surface area contributed by atoms with Gasteiger partial charge in [-0.2, -0.15) is 0 Å². The van der Waals surface area contributed by atoms with Gasteiger partial charge in [0, 0.05) is 6.54 Å². The smallest absolute Gasteiger partial charge is 0.326 e. The summed E-state index contributed by atoms with van der Waals surface area (Å²) in [5.41, 5.74) is -0.113. The van der Waals surface area contributed by atoms with E-state index in [0.717, 1.165) is 5.56 Å². The second-order valence-corrected chi connectivity index (χ2v) is 4.23. The second kappa shape index (κ2) is 5.25. The fourth-order valence-corrected chi connectivity index (χ4v) is 1.31. The molecule has 0 heterocycles. The quantitative estimate of drug-likeness (QED) is 0.721. The predicted molar refractivity (Wildman–Crippen MR) is 61.1 cm³/mol. The maximum Gasteiger partial charge on any atom is 0.326 e. The minimum Gasteiger partial charge on any atom is -0.480 e. The summed E-state index contributed by atoms with van der Waals surface area (Å²) in [5.74, 6) is -1.42. The number of carbonyl (C=O) groups is 1. The van der Waals surface area contributed by atoms with Crippen LogP contribution in [-0.2, 0) is 11.3 Å². The first-order valence-corrected chi connectivity index (χ1v) is 5.23. The van der Waals surface area contributed by atoms with Gasteiger partial charge in [0.05, 0.1) is 6.61 Å². The third kappa shape index (κ3) is 3.25. The van der Waals surface area contributed by atoms with E-state index in [1.165, 1.54) is 13.0 Å². The van der Waals surface area contributed by atoms with Crippen LogP contribution in [0.1, 0.15) is 18.1 Å². The van der Waals surface area contributed by atoms with Crippen LogP contribution in [0.3, 0.4) is 0 Å². The molecule has 0 amide bonds. The molecule has 1 atom stereocenters. The highest BCUT2D eigenvalue weighted by molar-refractivity contribution is 5.78. The van der Waals surface area contributed by atoms with Crippen molar-refractivity contribution in [2.45, 2.75) is 25.9 Å². The number of halogens is 1. The van der Waals surface area contributed by atoms with E-state index in [0.29, 0.717) is 5.56 Å². The van der Waals surface area contributed by atoms with Gasteiger partial charge >= 0.3 is 5.97 Å². The molecular formula is C12H16FNO3. The first kappa shape index (κ1) is 13.6. The number of aliphatic hydroxyl groups is 1. The Labute approximate surface area is 99.1 Å². The summed E-state index contributed by atoms with van der Waals surface area (Å²) in [4.78, 5) is 10.9. The van der Waals surface area contributed by atoms with E-state index in [2.05, 4.69) is 5.32 Å². The van der Waals surface area contributed by atoms with Crippen LogP contribution >= 0.6 is 0 Å². The van der Waals surface area contributed by atoms with Crippen molar-refractivity contribution in [3.05, 3.63) is 35.1 Å². The molecule has 0 unspecified atom stereocenters. The third-order valence-corrected chi connectivity index (χ3v) is 2.69. The Morgan fingerprint density at radius 3 is 2.65 bits per heavy atom. The van der Waals surface area contributed by atoms with Gasteiger partial charge in [-0.15, -0.1) is 0 Å². The van der Waals surface area contributed by atoms with E-state index in [-0.39, 0.29) is 12.4 Å². The van der Waals surface area contributed by atoms with E-state index in [1.54, 1.807) is 19.1 Å². The molecule has 5 heteroatoms. The van der Waals surface area contributed by atoms with Crippen molar-refractivity contribution in [3.8, 4) is 0 Å². The van der Waals surface area contributed by atoms with Crippen LogP contribution in [0.15, 0.2) is 18.2 Å². The molecule has 1 aromatic carbocycles. The maximum absolute atomic E-state index is 13.0. The van der Waals surface area contributed by atoms with Gasteiger partial charge < -0.3 is 10.2 Å². The summed E-state index contributed by atoms with van der Waals surface area (Å²) in [5, 5.41) is 20.7. The molecule has 0 aromatic heterocycles. The molecular weight excluding hydrogens is 225 g/mol. The van der Waals surface area contributed by atoms with Gasteiger partial charge in [-0.3, -0.25) is 10.1 Å². The van der Waals surface area contributed by atoms with Crippen LogP contribution in [-0.4, -0.2) is 28.3 Å². The van der Waals surface area contributed by atoms with Crippen LogP contribution in [0, 0.1) is 12.7 Å². The molecule has 0 saturated carbocycles. The van der Waals surface area contributed by atoms with Gasteiger partial charge in [0.2, 0.25) is 0 Å². The van der Waals surface area contributed by atoms with Crippen LogP contribution < -0.4 is 5.32 Å². The molecule has 17 heavy (non-hydrogen) atoms. The standard InChI is InChI=1S/C12H16FNO3/c1-8-5-9(3-4-10(8)13)6-14-12(2,7-15)11(16)17/h3-5,14-15H,6-7H2,1-2H3,(H,16,17)/t12-/m0/s1. The lowest BCUT2D eigenvalue weighted by atomic mass is 10.0. The second-order valence-electron chi connectivity index (χ2n) is 4.23. The fourth-order valence-electron chi connectivity index (χ4n) is 1.31. The zero-order valence-electron chi connectivity index (χ0n) is 9.83. The Morgan fingerprint density at radius 1 is 1.53 bits per heavy atom. The van der Waals surface area contributed by atoms with E-state index in [1.807, 2.05) is 0 Å². The SMILES string of the molecule is Cc1cc(CN[C@@](C)(CO)C(=O)O)ccc1F. The highest BCUT2D eigenvalue weighted by atomic mass is 19.1. The summed E-state index contributed by atoms with van der Waals surface area (Å²) in [7, 11) is 0. The molecule has 0 fully saturated rings. The number of carboxylic acids is 1. The van der Waals surface area contributed by atoms with Gasteiger partial charge in [-0.05, 0) is 31.0 Å². The molecule has 0 saturated heterocycles. The maximum atomic E-state index is 13.0. The van der Waals surface area contributed by atoms with Crippen LogP contribution in [0.2, 0.25) is 0 Å². The Kier molecular flexibility index (Phi) is 4.20. The Hall–Kier alpha value is -1.46. The van der Waals surface area contributed by atoms with Crippen LogP contribution in [0.5, 0.6) is 0 Å². The highest BCUT2D eigenvalue weighted by Gasteiger charge is 2.31. The van der Waals surface area contributed by atoms with E-state index < -0.39 is 18.1 Å². The summed E-state index contributed by atoms with van der Waals surface area (Å²) < 4.78 is 13.0. The van der Waals surface area contributed by atoms with Gasteiger partial charge in [0.25, 0.3) is 0 Å². The molecule has 94 valence electrons. The number of hydrogen-bond donors (Lipinski definition) is 3. The average molecular weight is 241 g/mol. The van der Waals surface area contributed by atoms with E-state index >= 15 is 0 Å². The minimum absolute atomic E-state index is 0.254. The zero-order valence-corrected chi connectivity index (χ0v) is 9.83. The Balaban J connectivity index is 2.73. The third-order valence-electron chi connectivity index (χ3n) is 2.69. The molecule has 1 aromatic rings. The molecule has 3 N–H and O–H groups in total. The van der Waals surface area contributed by atoms with Crippen molar-refractivity contribution in [2.75, 3.05) is 6.61 Å². The molecule has 4 nitrogen and oxygen atoms in total. The summed E-state index contributed by atoms with van der Waals surface area (Å²) in [6, 6.07) is 4.56. The monoisotopic (exact) mass is 241 g/mol. The van der Waals surface area contributed by atoms with Crippen LogP contribution in [0.25, 0.3) is 0 Å². The summed E-state index contributed by atoms with van der Waals surface area (Å²) in [6.45, 7) is 2.78. The van der Waals surface area contributed by atoms with E-state index in [9.17, 15) is 9.18 Å². The van der Waals surface area contributed by atoms with Crippen LogP contribution in [0.4, 0.5) is 4.39 Å². The number of aliphatic hydroxyl groups excluding tert-OH is 1. The van der Waals surface area contributed by atoms with Gasteiger partial charge in [0.1, 0.15) is 11.4 Å². The number of hydrogen-bond acceptors (Lipinski definition) is 3. The molecule has 0 aliphatic carbocycles. The Bertz CT molecular complexity index is 422. The number of benzene rings is 1. The first-order chi connectivity index (χ1) is 7.89. The zero-order chi connectivity index (χ0) is 13.1. The largest absolute Gasteiger partial charge is 0.480 e. The van der Waals surface area contributed by atoms with Crippen molar-refractivity contribution in [2.24, 2.45) is 0 Å². The van der Waals surface area contributed by atoms with Crippen molar-refractivity contribution < 1.29 is 19.4 Å². The van der Waals surface area contributed by atoms with Crippen molar-refractivity contribution in [3.63, 3.8) is 0 Å². The molecule has 0 bridgehead atoms. The number of aliphatic carboxylic acids is 1. The van der Waals surface area contributed by atoms with Gasteiger partial charge in [0.15, 0.2) is 0 Å². The first-order valence-electron chi connectivity index (χ1n) is 5.23. The van der Waals surface area contributed by atoms with Crippen molar-refractivity contribution in [1.29, 1.82) is 0 Å². The molecule has 1 rings (SSSR count). The van der Waals surface area contributed by atoms with Crippen molar-refractivity contribution >= 4 is 5.97 Å². The lowest BCUT2D eigenvalue weighted by molar-refractivity contribution is -0.145. The molecule has 0 spiro atoms. The number of carboxylic acid groups (broad SMARTS) is 1. The number of aryl methyl sites for hydroxylation is 1. The minimum atomic E-state index is -1.39. The Morgan fingerprint density at radius 2 is 2.18 bits per heavy atom. The molecule has 0 radical (unpaired) electrons. The summed E-state index contributed by atoms with van der Waals surface area (Å²) >= 11 is 0. The fraction of sp³-hybridized carbons (Fsp3) is 0.417.